The minimum Gasteiger partial charge on any atom is -0.399 e. The van der Waals surface area contributed by atoms with Crippen molar-refractivity contribution in [3.63, 3.8) is 0 Å². The minimum absolute atomic E-state index is 0.739. The molecule has 0 unspecified atom stereocenters. The van der Waals surface area contributed by atoms with Gasteiger partial charge in [0.05, 0.1) is 27.8 Å². The van der Waals surface area contributed by atoms with Gasteiger partial charge in [0, 0.05) is 44.0 Å². The Morgan fingerprint density at radius 2 is 0.725 bits per heavy atom. The van der Waals surface area contributed by atoms with Crippen molar-refractivity contribution in [1.82, 2.24) is 9.13 Å². The Kier molecular flexibility index (Phi) is 6.65. The van der Waals surface area contributed by atoms with E-state index in [1.807, 2.05) is 0 Å². The third kappa shape index (κ3) is 4.67. The van der Waals surface area contributed by atoms with Crippen LogP contribution in [0.3, 0.4) is 0 Å². The third-order valence-electron chi connectivity index (χ3n) is 10.2. The molecule has 2 aromatic heterocycles. The summed E-state index contributed by atoms with van der Waals surface area (Å²) in [6, 6.07) is 67.4. The third-order valence-corrected chi connectivity index (χ3v) is 10.2. The molecular weight excluding hydrogens is 619 g/mol. The molecule has 0 aliphatic carbocycles. The summed E-state index contributed by atoms with van der Waals surface area (Å²) in [5, 5.41) is 4.92. The molecule has 3 heteroatoms. The maximum atomic E-state index is 6.66. The first kappa shape index (κ1) is 29.1. The molecule has 10 aromatic rings. The molecule has 0 radical (unpaired) electrons. The molecule has 2 N–H and O–H groups in total. The van der Waals surface area contributed by atoms with Gasteiger partial charge in [-0.1, -0.05) is 127 Å². The van der Waals surface area contributed by atoms with Crippen LogP contribution in [0.5, 0.6) is 0 Å². The second-order valence-corrected chi connectivity index (χ2v) is 13.2. The Balaban J connectivity index is 1.22. The number of para-hydroxylation sites is 3. The summed E-state index contributed by atoms with van der Waals surface area (Å²) in [4.78, 5) is 0. The van der Waals surface area contributed by atoms with Crippen LogP contribution in [0.25, 0.3) is 88.4 Å². The molecule has 0 aliphatic heterocycles. The Morgan fingerprint density at radius 1 is 0.314 bits per heavy atom. The smallest absolute Gasteiger partial charge is 0.0620 e. The van der Waals surface area contributed by atoms with Crippen molar-refractivity contribution in [3.8, 4) is 44.8 Å². The van der Waals surface area contributed by atoms with Crippen molar-refractivity contribution >= 4 is 49.3 Å². The van der Waals surface area contributed by atoms with Crippen molar-refractivity contribution in [2.45, 2.75) is 0 Å². The van der Waals surface area contributed by atoms with Crippen LogP contribution in [-0.2, 0) is 0 Å². The lowest BCUT2D eigenvalue weighted by Gasteiger charge is -2.20. The Bertz CT molecular complexity index is 2840. The van der Waals surface area contributed by atoms with E-state index in [2.05, 4.69) is 197 Å². The van der Waals surface area contributed by atoms with Gasteiger partial charge in [0.1, 0.15) is 0 Å². The first-order valence-electron chi connectivity index (χ1n) is 17.4. The Labute approximate surface area is 296 Å². The zero-order valence-electron chi connectivity index (χ0n) is 27.9. The van der Waals surface area contributed by atoms with Crippen LogP contribution in [-0.4, -0.2) is 9.13 Å². The molecule has 0 saturated carbocycles. The first-order chi connectivity index (χ1) is 25.2. The molecule has 8 aromatic carbocycles. The molecule has 0 bridgehead atoms. The highest BCUT2D eigenvalue weighted by molar-refractivity contribution is 6.13. The van der Waals surface area contributed by atoms with Gasteiger partial charge in [0.2, 0.25) is 0 Å². The fourth-order valence-electron chi connectivity index (χ4n) is 7.97. The average molecular weight is 652 g/mol. The standard InChI is InChI=1S/C48H33N3/c49-36-30-40(32-14-4-1-5-15-32)48(41(31-36)33-16-6-2-7-17-33)51-45-23-13-11-21-39(45)43-29-35(25-27-47(43)51)34-24-26-46-42(28-34)38-20-10-12-22-44(38)50(46)37-18-8-3-9-19-37/h1-31H,49H2. The molecule has 240 valence electrons. The van der Waals surface area contributed by atoms with Crippen molar-refractivity contribution in [2.24, 2.45) is 0 Å². The number of aromatic nitrogens is 2. The van der Waals surface area contributed by atoms with Crippen molar-refractivity contribution < 1.29 is 0 Å². The number of fused-ring (bicyclic) bond motifs is 6. The summed E-state index contributed by atoms with van der Waals surface area (Å²) >= 11 is 0. The number of nitrogens with zero attached hydrogens (tertiary/aromatic N) is 2. The summed E-state index contributed by atoms with van der Waals surface area (Å²) in [6.07, 6.45) is 0. The second-order valence-electron chi connectivity index (χ2n) is 13.2. The lowest BCUT2D eigenvalue weighted by atomic mass is 9.94. The molecule has 0 fully saturated rings. The average Bonchev–Trinajstić information content (AvgIpc) is 3.70. The van der Waals surface area contributed by atoms with Crippen molar-refractivity contribution in [3.05, 3.63) is 188 Å². The van der Waals surface area contributed by atoms with E-state index in [1.165, 1.54) is 43.7 Å². The fraction of sp³-hybridized carbons (Fsp3) is 0. The van der Waals surface area contributed by atoms with Crippen LogP contribution in [0, 0.1) is 0 Å². The molecule has 0 saturated heterocycles. The normalized spacial score (nSPS) is 11.6. The molecule has 0 spiro atoms. The van der Waals surface area contributed by atoms with E-state index in [9.17, 15) is 0 Å². The number of nitrogens with two attached hydrogens (primary N) is 1. The van der Waals surface area contributed by atoms with E-state index in [1.54, 1.807) is 0 Å². The largest absolute Gasteiger partial charge is 0.399 e. The molecular formula is C48H33N3. The minimum atomic E-state index is 0.739. The van der Waals surface area contributed by atoms with Gasteiger partial charge in [0.25, 0.3) is 0 Å². The van der Waals surface area contributed by atoms with Gasteiger partial charge in [-0.25, -0.2) is 0 Å². The van der Waals surface area contributed by atoms with Gasteiger partial charge in [-0.15, -0.1) is 0 Å². The number of anilines is 1. The van der Waals surface area contributed by atoms with E-state index in [-0.39, 0.29) is 0 Å². The van der Waals surface area contributed by atoms with Gasteiger partial charge >= 0.3 is 0 Å². The monoisotopic (exact) mass is 651 g/mol. The maximum absolute atomic E-state index is 6.66. The van der Waals surface area contributed by atoms with Gasteiger partial charge in [-0.3, -0.25) is 0 Å². The highest BCUT2D eigenvalue weighted by atomic mass is 15.0. The SMILES string of the molecule is Nc1cc(-c2ccccc2)c(-n2c3ccccc3c3cc(-c4ccc5c(c4)c4ccccc4n5-c4ccccc4)ccc32)c(-c2ccccc2)c1. The first-order valence-corrected chi connectivity index (χ1v) is 17.4. The van der Waals surface area contributed by atoms with Crippen LogP contribution >= 0.6 is 0 Å². The Morgan fingerprint density at radius 3 is 1.25 bits per heavy atom. The lowest BCUT2D eigenvalue weighted by molar-refractivity contribution is 1.18. The number of hydrogen-bond acceptors (Lipinski definition) is 1. The number of hydrogen-bond donors (Lipinski definition) is 1. The van der Waals surface area contributed by atoms with Gasteiger partial charge in [0.15, 0.2) is 0 Å². The van der Waals surface area contributed by atoms with Gasteiger partial charge in [-0.2, -0.15) is 0 Å². The Hall–Kier alpha value is -6.84. The highest BCUT2D eigenvalue weighted by Gasteiger charge is 2.21. The van der Waals surface area contributed by atoms with E-state index in [0.29, 0.717) is 0 Å². The summed E-state index contributed by atoms with van der Waals surface area (Å²) in [5.74, 6) is 0. The van der Waals surface area contributed by atoms with E-state index < -0.39 is 0 Å². The lowest BCUT2D eigenvalue weighted by Crippen LogP contribution is -2.02. The molecule has 51 heavy (non-hydrogen) atoms. The zero-order valence-corrected chi connectivity index (χ0v) is 27.9. The quantitative estimate of drug-likeness (QED) is 0.185. The van der Waals surface area contributed by atoms with Crippen LogP contribution < -0.4 is 5.73 Å². The van der Waals surface area contributed by atoms with E-state index in [0.717, 1.165) is 50.3 Å². The number of rotatable bonds is 5. The highest BCUT2D eigenvalue weighted by Crippen LogP contribution is 2.44. The number of benzene rings is 8. The molecule has 10 rings (SSSR count). The second kappa shape index (κ2) is 11.6. The van der Waals surface area contributed by atoms with Gasteiger partial charge in [-0.05, 0) is 82.9 Å². The van der Waals surface area contributed by atoms with Crippen LogP contribution in [0.15, 0.2) is 188 Å². The molecule has 3 nitrogen and oxygen atoms in total. The summed E-state index contributed by atoms with van der Waals surface area (Å²) in [7, 11) is 0. The summed E-state index contributed by atoms with van der Waals surface area (Å²) < 4.78 is 4.81. The maximum Gasteiger partial charge on any atom is 0.0620 e. The van der Waals surface area contributed by atoms with Crippen LogP contribution in [0.4, 0.5) is 5.69 Å². The molecule has 2 heterocycles. The van der Waals surface area contributed by atoms with E-state index >= 15 is 0 Å². The van der Waals surface area contributed by atoms with Crippen LogP contribution in [0.2, 0.25) is 0 Å². The van der Waals surface area contributed by atoms with Gasteiger partial charge < -0.3 is 14.9 Å². The molecule has 0 amide bonds. The van der Waals surface area contributed by atoms with Crippen molar-refractivity contribution in [1.29, 1.82) is 0 Å². The molecule has 0 atom stereocenters. The van der Waals surface area contributed by atoms with Crippen LogP contribution in [0.1, 0.15) is 0 Å². The predicted octanol–water partition coefficient (Wildman–Crippen LogP) is 12.5. The van der Waals surface area contributed by atoms with E-state index in [4.69, 9.17) is 5.73 Å². The molecule has 0 aliphatic rings. The summed E-state index contributed by atoms with van der Waals surface area (Å²) in [6.45, 7) is 0. The zero-order chi connectivity index (χ0) is 33.9. The fourth-order valence-corrected chi connectivity index (χ4v) is 7.97. The topological polar surface area (TPSA) is 35.9 Å². The van der Waals surface area contributed by atoms with Crippen molar-refractivity contribution in [2.75, 3.05) is 5.73 Å². The summed E-state index contributed by atoms with van der Waals surface area (Å²) in [5.41, 5.74) is 21.2. The number of nitrogen functional groups attached to an aromatic ring is 1. The predicted molar refractivity (Wildman–Crippen MR) is 216 cm³/mol.